The van der Waals surface area contributed by atoms with Gasteiger partial charge in [0.25, 0.3) is 5.91 Å². The van der Waals surface area contributed by atoms with E-state index in [-0.39, 0.29) is 11.8 Å². The summed E-state index contributed by atoms with van der Waals surface area (Å²) in [6, 6.07) is 5.49. The number of anilines is 1. The van der Waals surface area contributed by atoms with E-state index in [0.29, 0.717) is 17.9 Å². The summed E-state index contributed by atoms with van der Waals surface area (Å²) >= 11 is 1.51. The van der Waals surface area contributed by atoms with Crippen LogP contribution in [0.2, 0.25) is 0 Å². The van der Waals surface area contributed by atoms with Crippen molar-refractivity contribution < 1.29 is 9.59 Å². The molecule has 1 aromatic rings. The summed E-state index contributed by atoms with van der Waals surface area (Å²) in [6.45, 7) is 6.40. The number of piperidine rings is 1. The molecule has 0 aliphatic carbocycles. The van der Waals surface area contributed by atoms with E-state index in [9.17, 15) is 9.59 Å². The highest BCUT2D eigenvalue weighted by Gasteiger charge is 2.18. The van der Waals surface area contributed by atoms with Crippen LogP contribution in [0.3, 0.4) is 0 Å². The first kappa shape index (κ1) is 17.3. The average molecular weight is 347 g/mol. The number of rotatable bonds is 5. The third-order valence-electron chi connectivity index (χ3n) is 4.69. The number of nitrogens with zero attached hydrogens (tertiary/aromatic N) is 1. The minimum Gasteiger partial charge on any atom is -0.352 e. The molecule has 130 valence electrons. The van der Waals surface area contributed by atoms with E-state index in [0.717, 1.165) is 29.5 Å². The molecule has 0 atom stereocenters. The van der Waals surface area contributed by atoms with Crippen LogP contribution in [-0.4, -0.2) is 48.6 Å². The van der Waals surface area contributed by atoms with Gasteiger partial charge in [-0.3, -0.25) is 9.59 Å². The maximum Gasteiger partial charge on any atom is 0.251 e. The Hall–Kier alpha value is -1.53. The van der Waals surface area contributed by atoms with Crippen molar-refractivity contribution in [3.05, 3.63) is 23.8 Å². The fourth-order valence-corrected chi connectivity index (χ4v) is 3.91. The highest BCUT2D eigenvalue weighted by Crippen LogP contribution is 2.31. The Morgan fingerprint density at radius 3 is 2.96 bits per heavy atom. The fraction of sp³-hybridized carbons (Fsp3) is 0.556. The Balaban J connectivity index is 1.44. The van der Waals surface area contributed by atoms with Crippen LogP contribution in [0.25, 0.3) is 0 Å². The number of likely N-dealkylation sites (tertiary alicyclic amines) is 1. The molecule has 2 heterocycles. The molecule has 0 spiro atoms. The third-order valence-corrected chi connectivity index (χ3v) is 5.76. The third kappa shape index (κ3) is 4.51. The summed E-state index contributed by atoms with van der Waals surface area (Å²) < 4.78 is 0. The standard InChI is InChI=1S/C18H25N3O2S/c1-13-5-9-21(10-6-13)8-2-7-19-18(23)14-3-4-16-15(11-14)20-17(22)12-24-16/h3-4,11,13H,2,5-10,12H2,1H3,(H,19,23)(H,20,22). The zero-order chi connectivity index (χ0) is 16.9. The van der Waals surface area contributed by atoms with Crippen molar-refractivity contribution in [1.82, 2.24) is 10.2 Å². The number of fused-ring (bicyclic) bond motifs is 1. The SMILES string of the molecule is CC1CCN(CCCNC(=O)c2ccc3c(c2)NC(=O)CS3)CC1. The minimum absolute atomic E-state index is 0.0130. The number of hydrogen-bond donors (Lipinski definition) is 2. The number of nitrogens with one attached hydrogen (secondary N) is 2. The lowest BCUT2D eigenvalue weighted by Crippen LogP contribution is -2.35. The molecule has 2 amide bonds. The summed E-state index contributed by atoms with van der Waals surface area (Å²) in [5.41, 5.74) is 1.34. The van der Waals surface area contributed by atoms with Gasteiger partial charge in [-0.25, -0.2) is 0 Å². The van der Waals surface area contributed by atoms with Gasteiger partial charge in [-0.05, 0) is 63.0 Å². The van der Waals surface area contributed by atoms with Crippen LogP contribution in [-0.2, 0) is 4.79 Å². The molecule has 2 N–H and O–H groups in total. The molecule has 2 aliphatic rings. The van der Waals surface area contributed by atoms with Crippen LogP contribution in [0.5, 0.6) is 0 Å². The van der Waals surface area contributed by atoms with Crippen molar-refractivity contribution >= 4 is 29.3 Å². The first-order valence-corrected chi connectivity index (χ1v) is 9.67. The molecule has 2 aliphatic heterocycles. The van der Waals surface area contributed by atoms with Crippen LogP contribution in [0, 0.1) is 5.92 Å². The average Bonchev–Trinajstić information content (AvgIpc) is 2.59. The predicted molar refractivity (Wildman–Crippen MR) is 97.6 cm³/mol. The van der Waals surface area contributed by atoms with Crippen molar-refractivity contribution in [2.75, 3.05) is 37.2 Å². The molecule has 1 fully saturated rings. The van der Waals surface area contributed by atoms with Gasteiger partial charge in [-0.1, -0.05) is 6.92 Å². The van der Waals surface area contributed by atoms with Crippen LogP contribution in [0.1, 0.15) is 36.5 Å². The van der Waals surface area contributed by atoms with E-state index in [1.807, 2.05) is 12.1 Å². The lowest BCUT2D eigenvalue weighted by molar-refractivity contribution is -0.113. The lowest BCUT2D eigenvalue weighted by Gasteiger charge is -2.30. The Kier molecular flexibility index (Phi) is 5.79. The number of amides is 2. The molecule has 0 saturated carbocycles. The molecule has 1 aromatic carbocycles. The van der Waals surface area contributed by atoms with Crippen molar-refractivity contribution in [3.8, 4) is 0 Å². The van der Waals surface area contributed by atoms with Gasteiger partial charge in [0.2, 0.25) is 5.91 Å². The van der Waals surface area contributed by atoms with E-state index in [1.54, 1.807) is 6.07 Å². The van der Waals surface area contributed by atoms with Crippen molar-refractivity contribution in [2.45, 2.75) is 31.1 Å². The monoisotopic (exact) mass is 347 g/mol. The molecule has 1 saturated heterocycles. The molecule has 0 radical (unpaired) electrons. The second kappa shape index (κ2) is 8.03. The highest BCUT2D eigenvalue weighted by molar-refractivity contribution is 8.00. The summed E-state index contributed by atoms with van der Waals surface area (Å²) in [6.07, 6.45) is 3.54. The molecule has 6 heteroatoms. The lowest BCUT2D eigenvalue weighted by atomic mass is 9.99. The Morgan fingerprint density at radius 1 is 1.38 bits per heavy atom. The molecule has 3 rings (SSSR count). The second-order valence-corrected chi connectivity index (χ2v) is 7.70. The maximum atomic E-state index is 12.3. The molecule has 24 heavy (non-hydrogen) atoms. The van der Waals surface area contributed by atoms with Crippen molar-refractivity contribution in [3.63, 3.8) is 0 Å². The number of benzene rings is 1. The normalized spacial score (nSPS) is 18.8. The van der Waals surface area contributed by atoms with Gasteiger partial charge >= 0.3 is 0 Å². The number of hydrogen-bond acceptors (Lipinski definition) is 4. The first-order chi connectivity index (χ1) is 11.6. The minimum atomic E-state index is -0.0742. The molecular formula is C18H25N3O2S. The molecular weight excluding hydrogens is 322 g/mol. The van der Waals surface area contributed by atoms with Gasteiger partial charge < -0.3 is 15.5 Å². The predicted octanol–water partition coefficient (Wildman–Crippen LogP) is 2.58. The smallest absolute Gasteiger partial charge is 0.251 e. The van der Waals surface area contributed by atoms with Crippen LogP contribution in [0.15, 0.2) is 23.1 Å². The van der Waals surface area contributed by atoms with Gasteiger partial charge in [0, 0.05) is 17.0 Å². The van der Waals surface area contributed by atoms with Gasteiger partial charge in [0.1, 0.15) is 0 Å². The fourth-order valence-electron chi connectivity index (χ4n) is 3.12. The van der Waals surface area contributed by atoms with E-state index in [2.05, 4.69) is 22.5 Å². The summed E-state index contributed by atoms with van der Waals surface area (Å²) in [5, 5.41) is 5.80. The molecule has 5 nitrogen and oxygen atoms in total. The van der Waals surface area contributed by atoms with Gasteiger partial charge in [0.15, 0.2) is 0 Å². The van der Waals surface area contributed by atoms with E-state index >= 15 is 0 Å². The van der Waals surface area contributed by atoms with Crippen LogP contribution < -0.4 is 10.6 Å². The van der Waals surface area contributed by atoms with Crippen molar-refractivity contribution in [2.24, 2.45) is 5.92 Å². The molecule has 0 aromatic heterocycles. The van der Waals surface area contributed by atoms with Gasteiger partial charge in [-0.15, -0.1) is 11.8 Å². The topological polar surface area (TPSA) is 61.4 Å². The van der Waals surface area contributed by atoms with Gasteiger partial charge in [0.05, 0.1) is 11.4 Å². The maximum absolute atomic E-state index is 12.3. The summed E-state index contributed by atoms with van der Waals surface area (Å²) in [7, 11) is 0. The van der Waals surface area contributed by atoms with E-state index < -0.39 is 0 Å². The molecule has 0 unspecified atom stereocenters. The zero-order valence-electron chi connectivity index (χ0n) is 14.1. The Labute approximate surface area is 147 Å². The number of carbonyl (C=O) groups is 2. The summed E-state index contributed by atoms with van der Waals surface area (Å²) in [4.78, 5) is 27.2. The largest absolute Gasteiger partial charge is 0.352 e. The Bertz CT molecular complexity index is 612. The first-order valence-electron chi connectivity index (χ1n) is 8.69. The van der Waals surface area contributed by atoms with Crippen LogP contribution in [0.4, 0.5) is 5.69 Å². The number of carbonyl (C=O) groups excluding carboxylic acids is 2. The Morgan fingerprint density at radius 2 is 2.17 bits per heavy atom. The van der Waals surface area contributed by atoms with Gasteiger partial charge in [-0.2, -0.15) is 0 Å². The second-order valence-electron chi connectivity index (χ2n) is 6.68. The molecule has 0 bridgehead atoms. The van der Waals surface area contributed by atoms with E-state index in [4.69, 9.17) is 0 Å². The van der Waals surface area contributed by atoms with E-state index in [1.165, 1.54) is 37.7 Å². The van der Waals surface area contributed by atoms with Crippen LogP contribution >= 0.6 is 11.8 Å². The zero-order valence-corrected chi connectivity index (χ0v) is 15.0. The number of thioether (sulfide) groups is 1. The summed E-state index contributed by atoms with van der Waals surface area (Å²) in [5.74, 6) is 1.20. The highest BCUT2D eigenvalue weighted by atomic mass is 32.2. The van der Waals surface area contributed by atoms with Crippen molar-refractivity contribution in [1.29, 1.82) is 0 Å². The quantitative estimate of drug-likeness (QED) is 0.804.